The average molecular weight is 293 g/mol. The maximum Gasteiger partial charge on any atom is 0.433 e. The summed E-state index contributed by atoms with van der Waals surface area (Å²) in [6.45, 7) is 2.27. The van der Waals surface area contributed by atoms with Crippen LogP contribution in [0.5, 0.6) is 5.75 Å². The molecular formula is C13H15F4NO2. The Hall–Kier alpha value is -1.37. The van der Waals surface area contributed by atoms with Crippen molar-refractivity contribution in [3.05, 3.63) is 23.0 Å². The van der Waals surface area contributed by atoms with Gasteiger partial charge >= 0.3 is 6.18 Å². The lowest BCUT2D eigenvalue weighted by Crippen LogP contribution is -2.16. The maximum absolute atomic E-state index is 13.5. The Morgan fingerprint density at radius 2 is 2.15 bits per heavy atom. The van der Waals surface area contributed by atoms with Crippen LogP contribution in [0.3, 0.4) is 0 Å². The van der Waals surface area contributed by atoms with E-state index in [0.29, 0.717) is 6.61 Å². The number of unbranched alkanes of at least 4 members (excludes halogenated alkanes) is 1. The van der Waals surface area contributed by atoms with Crippen molar-refractivity contribution in [2.75, 3.05) is 6.61 Å². The van der Waals surface area contributed by atoms with E-state index in [1.165, 1.54) is 0 Å². The van der Waals surface area contributed by atoms with Crippen molar-refractivity contribution in [2.45, 2.75) is 44.6 Å². The summed E-state index contributed by atoms with van der Waals surface area (Å²) in [5, 5.41) is 9.62. The molecule has 0 aliphatic heterocycles. The van der Waals surface area contributed by atoms with E-state index in [2.05, 4.69) is 4.98 Å². The predicted molar refractivity (Wildman–Crippen MR) is 63.2 cm³/mol. The Morgan fingerprint density at radius 1 is 1.45 bits per heavy atom. The lowest BCUT2D eigenvalue weighted by molar-refractivity contribution is -0.143. The Bertz CT molecular complexity index is 490. The van der Waals surface area contributed by atoms with Crippen molar-refractivity contribution in [3.8, 4) is 5.75 Å². The number of pyridine rings is 1. The minimum atomic E-state index is -4.73. The number of hydrogen-bond donors (Lipinski definition) is 1. The molecule has 1 aromatic heterocycles. The minimum absolute atomic E-state index is 0.0726. The standard InChI is InChI=1S/C13H15F4NO2/c1-2-3-4-20-9-6-18-12(13(15,16)17)10-7(9)5-8(14)11(10)19/h6,8,11,19H,2-5H2,1H3. The number of nitrogens with zero attached hydrogens (tertiary/aromatic N) is 1. The quantitative estimate of drug-likeness (QED) is 0.684. The number of hydrogen-bond acceptors (Lipinski definition) is 3. The number of aliphatic hydroxyl groups is 1. The van der Waals surface area contributed by atoms with Crippen LogP contribution in [-0.4, -0.2) is 22.9 Å². The number of ether oxygens (including phenoxy) is 1. The van der Waals surface area contributed by atoms with Gasteiger partial charge in [-0.25, -0.2) is 9.37 Å². The van der Waals surface area contributed by atoms with Crippen LogP contribution in [0.25, 0.3) is 0 Å². The van der Waals surface area contributed by atoms with E-state index in [4.69, 9.17) is 4.74 Å². The van der Waals surface area contributed by atoms with Crippen LogP contribution in [0.15, 0.2) is 6.20 Å². The van der Waals surface area contributed by atoms with Crippen molar-refractivity contribution in [3.63, 3.8) is 0 Å². The van der Waals surface area contributed by atoms with E-state index in [1.807, 2.05) is 6.92 Å². The van der Waals surface area contributed by atoms with Gasteiger partial charge in [0.05, 0.1) is 12.8 Å². The summed E-state index contributed by atoms with van der Waals surface area (Å²) in [4.78, 5) is 3.31. The first-order chi connectivity index (χ1) is 9.36. The Kier molecular flexibility index (Phi) is 4.17. The van der Waals surface area contributed by atoms with E-state index in [-0.39, 0.29) is 17.7 Å². The summed E-state index contributed by atoms with van der Waals surface area (Å²) in [5.41, 5.74) is -1.65. The van der Waals surface area contributed by atoms with Crippen molar-refractivity contribution < 1.29 is 27.4 Å². The van der Waals surface area contributed by atoms with Gasteiger partial charge in [0, 0.05) is 17.5 Å². The molecule has 2 atom stereocenters. The SMILES string of the molecule is CCCCOc1cnc(C(F)(F)F)c2c1CC(F)C2O. The minimum Gasteiger partial charge on any atom is -0.492 e. The number of alkyl halides is 4. The second-order valence-corrected chi connectivity index (χ2v) is 4.73. The second kappa shape index (κ2) is 5.55. The van der Waals surface area contributed by atoms with Gasteiger partial charge in [-0.2, -0.15) is 13.2 Å². The molecule has 1 aliphatic carbocycles. The number of halogens is 4. The Balaban J connectivity index is 2.40. The molecule has 0 radical (unpaired) electrons. The zero-order valence-corrected chi connectivity index (χ0v) is 10.9. The molecule has 0 spiro atoms. The first-order valence-electron chi connectivity index (χ1n) is 6.40. The molecule has 0 amide bonds. The molecule has 3 nitrogen and oxygen atoms in total. The smallest absolute Gasteiger partial charge is 0.433 e. The first kappa shape index (κ1) is 15.0. The topological polar surface area (TPSA) is 42.4 Å². The highest BCUT2D eigenvalue weighted by Crippen LogP contribution is 2.44. The number of aromatic nitrogens is 1. The fraction of sp³-hybridized carbons (Fsp3) is 0.615. The van der Waals surface area contributed by atoms with E-state index in [1.54, 1.807) is 0 Å². The molecule has 1 aliphatic rings. The van der Waals surface area contributed by atoms with Crippen molar-refractivity contribution in [1.29, 1.82) is 0 Å². The predicted octanol–water partition coefficient (Wildman–Crippen LogP) is 3.21. The van der Waals surface area contributed by atoms with Crippen LogP contribution in [0, 0.1) is 0 Å². The summed E-state index contributed by atoms with van der Waals surface area (Å²) >= 11 is 0. The number of fused-ring (bicyclic) bond motifs is 1. The zero-order chi connectivity index (χ0) is 14.9. The molecule has 0 saturated carbocycles. The first-order valence-corrected chi connectivity index (χ1v) is 6.40. The van der Waals surface area contributed by atoms with Gasteiger partial charge in [-0.05, 0) is 6.42 Å². The maximum atomic E-state index is 13.5. The van der Waals surface area contributed by atoms with Crippen LogP contribution < -0.4 is 4.74 Å². The molecule has 0 fully saturated rings. The fourth-order valence-corrected chi connectivity index (χ4v) is 2.24. The largest absolute Gasteiger partial charge is 0.492 e. The van der Waals surface area contributed by atoms with Gasteiger partial charge in [0.25, 0.3) is 0 Å². The average Bonchev–Trinajstić information content (AvgIpc) is 2.66. The van der Waals surface area contributed by atoms with Crippen LogP contribution in [0.2, 0.25) is 0 Å². The van der Waals surface area contributed by atoms with Crippen LogP contribution in [0.1, 0.15) is 42.7 Å². The molecule has 1 aromatic rings. The molecule has 1 N–H and O–H groups in total. The molecule has 1 heterocycles. The van der Waals surface area contributed by atoms with Gasteiger partial charge in [-0.1, -0.05) is 13.3 Å². The third kappa shape index (κ3) is 2.72. The van der Waals surface area contributed by atoms with Gasteiger partial charge in [0.15, 0.2) is 5.69 Å². The normalized spacial score (nSPS) is 21.9. The van der Waals surface area contributed by atoms with Crippen LogP contribution in [-0.2, 0) is 12.6 Å². The van der Waals surface area contributed by atoms with Crippen LogP contribution in [0.4, 0.5) is 17.6 Å². The molecule has 0 saturated heterocycles. The highest BCUT2D eigenvalue weighted by molar-refractivity contribution is 5.47. The van der Waals surface area contributed by atoms with Crippen molar-refractivity contribution >= 4 is 0 Å². The van der Waals surface area contributed by atoms with Crippen molar-refractivity contribution in [2.24, 2.45) is 0 Å². The molecular weight excluding hydrogens is 278 g/mol. The molecule has 2 rings (SSSR count). The third-order valence-corrected chi connectivity index (χ3v) is 3.25. The molecule has 0 bridgehead atoms. The zero-order valence-electron chi connectivity index (χ0n) is 10.9. The lowest BCUT2D eigenvalue weighted by Gasteiger charge is -2.16. The summed E-state index contributed by atoms with van der Waals surface area (Å²) < 4.78 is 57.4. The summed E-state index contributed by atoms with van der Waals surface area (Å²) in [6, 6.07) is 0. The summed E-state index contributed by atoms with van der Waals surface area (Å²) in [5.74, 6) is 0.126. The monoisotopic (exact) mass is 293 g/mol. The number of rotatable bonds is 4. The van der Waals surface area contributed by atoms with Crippen LogP contribution >= 0.6 is 0 Å². The molecule has 2 unspecified atom stereocenters. The lowest BCUT2D eigenvalue weighted by atomic mass is 10.1. The van der Waals surface area contributed by atoms with Crippen molar-refractivity contribution in [1.82, 2.24) is 4.98 Å². The highest BCUT2D eigenvalue weighted by Gasteiger charge is 2.44. The van der Waals surface area contributed by atoms with Gasteiger partial charge in [-0.15, -0.1) is 0 Å². The highest BCUT2D eigenvalue weighted by atomic mass is 19.4. The van der Waals surface area contributed by atoms with E-state index in [0.717, 1.165) is 19.0 Å². The fourth-order valence-electron chi connectivity index (χ4n) is 2.24. The van der Waals surface area contributed by atoms with Gasteiger partial charge < -0.3 is 9.84 Å². The summed E-state index contributed by atoms with van der Waals surface area (Å²) in [6.07, 6.45) is -6.02. The molecule has 7 heteroatoms. The van der Waals surface area contributed by atoms with Gasteiger partial charge in [0.2, 0.25) is 0 Å². The molecule has 0 aromatic carbocycles. The van der Waals surface area contributed by atoms with Gasteiger partial charge in [0.1, 0.15) is 18.0 Å². The Labute approximate surface area is 113 Å². The van der Waals surface area contributed by atoms with E-state index in [9.17, 15) is 22.7 Å². The van der Waals surface area contributed by atoms with Gasteiger partial charge in [-0.3, -0.25) is 0 Å². The molecule has 20 heavy (non-hydrogen) atoms. The number of aliphatic hydroxyl groups excluding tert-OH is 1. The third-order valence-electron chi connectivity index (χ3n) is 3.25. The Morgan fingerprint density at radius 3 is 2.75 bits per heavy atom. The molecule has 112 valence electrons. The second-order valence-electron chi connectivity index (χ2n) is 4.73. The summed E-state index contributed by atoms with van der Waals surface area (Å²) in [7, 11) is 0. The van der Waals surface area contributed by atoms with E-state index >= 15 is 0 Å². The van der Waals surface area contributed by atoms with E-state index < -0.39 is 29.7 Å².